The molecule has 1 aromatic carbocycles. The largest absolute Gasteiger partial charge is 0.338 e. The van der Waals surface area contributed by atoms with Gasteiger partial charge in [0.05, 0.1) is 0 Å². The molecule has 0 fully saturated rings. The van der Waals surface area contributed by atoms with Crippen molar-refractivity contribution in [2.75, 3.05) is 13.6 Å². The topological polar surface area (TPSA) is 32.3 Å². The first-order valence-electron chi connectivity index (χ1n) is 7.28. The van der Waals surface area contributed by atoms with Gasteiger partial charge in [0, 0.05) is 25.0 Å². The molecule has 2 rings (SSSR count). The highest BCUT2D eigenvalue weighted by molar-refractivity contribution is 7.09. The van der Waals surface area contributed by atoms with Crippen molar-refractivity contribution in [1.82, 2.24) is 10.2 Å². The molecule has 112 valence electrons. The van der Waals surface area contributed by atoms with Crippen LogP contribution < -0.4 is 5.32 Å². The number of hydrogen-bond acceptors (Lipinski definition) is 2. The lowest BCUT2D eigenvalue weighted by Crippen LogP contribution is -2.37. The lowest BCUT2D eigenvalue weighted by Gasteiger charge is -2.18. The molecule has 1 N–H and O–H groups in total. The van der Waals surface area contributed by atoms with Crippen LogP contribution in [0.15, 0.2) is 41.8 Å². The van der Waals surface area contributed by atoms with Gasteiger partial charge in [-0.25, -0.2) is 4.79 Å². The van der Waals surface area contributed by atoms with E-state index >= 15 is 0 Å². The van der Waals surface area contributed by atoms with Crippen molar-refractivity contribution in [3.05, 3.63) is 57.8 Å². The van der Waals surface area contributed by atoms with E-state index in [0.29, 0.717) is 13.1 Å². The highest BCUT2D eigenvalue weighted by Gasteiger charge is 2.08. The molecule has 0 aliphatic carbocycles. The Morgan fingerprint density at radius 3 is 2.52 bits per heavy atom. The fraction of sp³-hybridized carbons (Fsp3) is 0.353. The third-order valence-electron chi connectivity index (χ3n) is 3.43. The van der Waals surface area contributed by atoms with Gasteiger partial charge in [-0.1, -0.05) is 37.3 Å². The highest BCUT2D eigenvalue weighted by atomic mass is 32.1. The van der Waals surface area contributed by atoms with Crippen LogP contribution in [0.2, 0.25) is 0 Å². The Balaban J connectivity index is 1.76. The fourth-order valence-electron chi connectivity index (χ4n) is 2.11. The molecule has 4 heteroatoms. The maximum absolute atomic E-state index is 12.0. The smallest absolute Gasteiger partial charge is 0.317 e. The van der Waals surface area contributed by atoms with Crippen molar-refractivity contribution in [2.24, 2.45) is 0 Å². The van der Waals surface area contributed by atoms with Gasteiger partial charge in [-0.3, -0.25) is 0 Å². The van der Waals surface area contributed by atoms with E-state index in [9.17, 15) is 4.79 Å². The van der Waals surface area contributed by atoms with Crippen LogP contribution >= 0.6 is 11.3 Å². The Morgan fingerprint density at radius 2 is 1.90 bits per heavy atom. The van der Waals surface area contributed by atoms with Gasteiger partial charge in [0.25, 0.3) is 0 Å². The van der Waals surface area contributed by atoms with Gasteiger partial charge >= 0.3 is 6.03 Å². The Bertz CT molecular complexity index is 549. The van der Waals surface area contributed by atoms with Crippen LogP contribution in [0.5, 0.6) is 0 Å². The molecule has 0 aliphatic heterocycles. The van der Waals surface area contributed by atoms with E-state index in [4.69, 9.17) is 0 Å². The van der Waals surface area contributed by atoms with Gasteiger partial charge in [0.2, 0.25) is 0 Å². The monoisotopic (exact) mass is 302 g/mol. The van der Waals surface area contributed by atoms with E-state index in [1.807, 2.05) is 13.1 Å². The number of carbonyl (C=O) groups excluding carboxylic acids is 1. The fourth-order valence-corrected chi connectivity index (χ4v) is 2.82. The average Bonchev–Trinajstić information content (AvgIpc) is 3.01. The number of thiophene rings is 1. The molecule has 0 unspecified atom stereocenters. The lowest BCUT2D eigenvalue weighted by atomic mass is 10.1. The molecule has 2 amide bonds. The number of hydrogen-bond donors (Lipinski definition) is 1. The van der Waals surface area contributed by atoms with Crippen molar-refractivity contribution in [3.8, 4) is 0 Å². The van der Waals surface area contributed by atoms with Crippen LogP contribution in [0.3, 0.4) is 0 Å². The summed E-state index contributed by atoms with van der Waals surface area (Å²) in [5, 5.41) is 5.02. The second-order valence-corrected chi connectivity index (χ2v) is 6.12. The molecule has 0 saturated heterocycles. The predicted molar refractivity (Wildman–Crippen MR) is 88.7 cm³/mol. The van der Waals surface area contributed by atoms with Gasteiger partial charge < -0.3 is 10.2 Å². The van der Waals surface area contributed by atoms with Crippen LogP contribution in [-0.2, 0) is 19.4 Å². The van der Waals surface area contributed by atoms with Gasteiger partial charge in [-0.2, -0.15) is 0 Å². The van der Waals surface area contributed by atoms with Crippen molar-refractivity contribution in [2.45, 2.75) is 26.3 Å². The van der Waals surface area contributed by atoms with E-state index in [2.05, 4.69) is 48.0 Å². The first-order chi connectivity index (χ1) is 10.2. The first-order valence-corrected chi connectivity index (χ1v) is 8.16. The molecule has 0 saturated carbocycles. The number of carbonyl (C=O) groups is 1. The SMILES string of the molecule is CCc1ccc(CN(C)C(=O)NCCc2cccs2)cc1. The molecule has 0 aliphatic rings. The van der Waals surface area contributed by atoms with Gasteiger partial charge in [0.1, 0.15) is 0 Å². The van der Waals surface area contributed by atoms with Gasteiger partial charge in [0.15, 0.2) is 0 Å². The number of amides is 2. The van der Waals surface area contributed by atoms with Crippen molar-refractivity contribution in [3.63, 3.8) is 0 Å². The summed E-state index contributed by atoms with van der Waals surface area (Å²) in [4.78, 5) is 15.0. The van der Waals surface area contributed by atoms with Gasteiger partial charge in [-0.05, 0) is 35.4 Å². The summed E-state index contributed by atoms with van der Waals surface area (Å²) < 4.78 is 0. The zero-order valence-electron chi connectivity index (χ0n) is 12.6. The summed E-state index contributed by atoms with van der Waals surface area (Å²) in [7, 11) is 1.83. The average molecular weight is 302 g/mol. The normalized spacial score (nSPS) is 10.4. The predicted octanol–water partition coefficient (Wildman–Crippen LogP) is 3.69. The summed E-state index contributed by atoms with van der Waals surface area (Å²) in [6.45, 7) is 3.45. The molecular weight excluding hydrogens is 280 g/mol. The van der Waals surface area contributed by atoms with Crippen LogP contribution in [0.4, 0.5) is 4.79 Å². The van der Waals surface area contributed by atoms with Crippen molar-refractivity contribution >= 4 is 17.4 Å². The number of nitrogens with zero attached hydrogens (tertiary/aromatic N) is 1. The highest BCUT2D eigenvalue weighted by Crippen LogP contribution is 2.09. The summed E-state index contributed by atoms with van der Waals surface area (Å²) in [5.41, 5.74) is 2.48. The van der Waals surface area contributed by atoms with Crippen molar-refractivity contribution < 1.29 is 4.79 Å². The lowest BCUT2D eigenvalue weighted by molar-refractivity contribution is 0.207. The van der Waals surface area contributed by atoms with E-state index < -0.39 is 0 Å². The first kappa shape index (κ1) is 15.6. The molecule has 0 bridgehead atoms. The summed E-state index contributed by atoms with van der Waals surface area (Å²) in [6, 6.07) is 12.5. The van der Waals surface area contributed by atoms with E-state index in [1.165, 1.54) is 10.4 Å². The van der Waals surface area contributed by atoms with Crippen LogP contribution in [0, 0.1) is 0 Å². The van der Waals surface area contributed by atoms with E-state index in [-0.39, 0.29) is 6.03 Å². The second-order valence-electron chi connectivity index (χ2n) is 5.09. The Kier molecular flexibility index (Phi) is 5.81. The quantitative estimate of drug-likeness (QED) is 0.867. The summed E-state index contributed by atoms with van der Waals surface area (Å²) >= 11 is 1.72. The molecule has 21 heavy (non-hydrogen) atoms. The van der Waals surface area contributed by atoms with E-state index in [1.54, 1.807) is 16.2 Å². The van der Waals surface area contributed by atoms with Crippen LogP contribution in [0.25, 0.3) is 0 Å². The molecule has 0 atom stereocenters. The van der Waals surface area contributed by atoms with E-state index in [0.717, 1.165) is 18.4 Å². The maximum atomic E-state index is 12.0. The molecule has 1 aromatic heterocycles. The minimum Gasteiger partial charge on any atom is -0.338 e. The molecule has 3 nitrogen and oxygen atoms in total. The summed E-state index contributed by atoms with van der Waals surface area (Å²) in [5.74, 6) is 0. The summed E-state index contributed by atoms with van der Waals surface area (Å²) in [6.07, 6.45) is 1.93. The van der Waals surface area contributed by atoms with Crippen molar-refractivity contribution in [1.29, 1.82) is 0 Å². The third kappa shape index (κ3) is 4.90. The molecule has 0 spiro atoms. The number of urea groups is 1. The number of rotatable bonds is 6. The number of nitrogens with one attached hydrogen (secondary N) is 1. The number of aryl methyl sites for hydroxylation is 1. The molecular formula is C17H22N2OS. The minimum atomic E-state index is -0.0221. The minimum absolute atomic E-state index is 0.0221. The Hall–Kier alpha value is -1.81. The zero-order chi connectivity index (χ0) is 15.1. The molecule has 1 heterocycles. The van der Waals surface area contributed by atoms with Crippen LogP contribution in [-0.4, -0.2) is 24.5 Å². The standard InChI is InChI=1S/C17H22N2OS/c1-3-14-6-8-15(9-7-14)13-19(2)17(20)18-11-10-16-5-4-12-21-16/h4-9,12H,3,10-11,13H2,1-2H3,(H,18,20). The maximum Gasteiger partial charge on any atom is 0.317 e. The Morgan fingerprint density at radius 1 is 1.19 bits per heavy atom. The number of benzene rings is 1. The molecule has 2 aromatic rings. The molecule has 0 radical (unpaired) electrons. The second kappa shape index (κ2) is 7.84. The Labute approximate surface area is 130 Å². The zero-order valence-corrected chi connectivity index (χ0v) is 13.5. The van der Waals surface area contributed by atoms with Gasteiger partial charge in [-0.15, -0.1) is 11.3 Å². The third-order valence-corrected chi connectivity index (χ3v) is 4.36. The van der Waals surface area contributed by atoms with Crippen LogP contribution in [0.1, 0.15) is 22.9 Å².